The highest BCUT2D eigenvalue weighted by Crippen LogP contribution is 2.22. The molecule has 0 saturated carbocycles. The lowest BCUT2D eigenvalue weighted by Crippen LogP contribution is -2.22. The zero-order valence-corrected chi connectivity index (χ0v) is 14.7. The molecule has 27 heavy (non-hydrogen) atoms. The van der Waals surface area contributed by atoms with Crippen LogP contribution in [0.5, 0.6) is 0 Å². The fourth-order valence-corrected chi connectivity index (χ4v) is 2.48. The van der Waals surface area contributed by atoms with Crippen molar-refractivity contribution >= 4 is 23.0 Å². The number of rotatable bonds is 6. The molecule has 0 saturated heterocycles. The first-order valence-corrected chi connectivity index (χ1v) is 8.05. The molecule has 3 aromatic rings. The van der Waals surface area contributed by atoms with Crippen LogP contribution in [0.4, 0.5) is 17.1 Å². The highest BCUT2D eigenvalue weighted by molar-refractivity contribution is 5.94. The van der Waals surface area contributed by atoms with E-state index < -0.39 is 4.92 Å². The Labute approximate surface area is 154 Å². The van der Waals surface area contributed by atoms with Crippen molar-refractivity contribution in [2.24, 2.45) is 7.05 Å². The number of amides is 1. The van der Waals surface area contributed by atoms with Crippen LogP contribution in [0.15, 0.2) is 42.5 Å². The van der Waals surface area contributed by atoms with E-state index in [0.717, 1.165) is 16.8 Å². The Morgan fingerprint density at radius 2 is 2.07 bits per heavy atom. The van der Waals surface area contributed by atoms with Gasteiger partial charge in [0.15, 0.2) is 5.82 Å². The van der Waals surface area contributed by atoms with E-state index >= 15 is 0 Å². The Bertz CT molecular complexity index is 1000. The number of nitro groups is 1. The summed E-state index contributed by atoms with van der Waals surface area (Å²) in [5.74, 6) is 0.291. The fraction of sp³-hybridized carbons (Fsp3) is 0.176. The van der Waals surface area contributed by atoms with E-state index in [4.69, 9.17) is 0 Å². The van der Waals surface area contributed by atoms with Crippen LogP contribution in [-0.4, -0.2) is 37.6 Å². The van der Waals surface area contributed by atoms with Crippen LogP contribution in [0.25, 0.3) is 11.4 Å². The number of nitro benzene ring substituents is 1. The lowest BCUT2D eigenvalue weighted by atomic mass is 10.1. The van der Waals surface area contributed by atoms with Crippen LogP contribution in [-0.2, 0) is 11.8 Å². The summed E-state index contributed by atoms with van der Waals surface area (Å²) >= 11 is 0. The smallest absolute Gasteiger partial charge is 0.271 e. The van der Waals surface area contributed by atoms with Crippen LogP contribution in [0.2, 0.25) is 0 Å². The van der Waals surface area contributed by atoms with Gasteiger partial charge in [-0.25, -0.2) is 4.68 Å². The molecule has 1 amide bonds. The Balaban J connectivity index is 1.66. The molecule has 1 aromatic heterocycles. The first kappa shape index (κ1) is 18.0. The molecule has 0 atom stereocenters. The monoisotopic (exact) mass is 367 g/mol. The number of nitrogens with zero attached hydrogens (tertiary/aromatic N) is 5. The maximum absolute atomic E-state index is 12.2. The average Bonchev–Trinajstić information content (AvgIpc) is 3.08. The highest BCUT2D eigenvalue weighted by Gasteiger charge is 2.11. The number of aryl methyl sites for hydroxylation is 2. The van der Waals surface area contributed by atoms with Crippen molar-refractivity contribution in [2.45, 2.75) is 6.92 Å². The molecule has 10 heteroatoms. The van der Waals surface area contributed by atoms with Gasteiger partial charge < -0.3 is 10.6 Å². The van der Waals surface area contributed by atoms with Crippen molar-refractivity contribution in [3.63, 3.8) is 0 Å². The third-order valence-electron chi connectivity index (χ3n) is 3.90. The molecule has 10 nitrogen and oxygen atoms in total. The van der Waals surface area contributed by atoms with E-state index in [2.05, 4.69) is 26.2 Å². The van der Waals surface area contributed by atoms with Crippen molar-refractivity contribution in [2.75, 3.05) is 17.2 Å². The summed E-state index contributed by atoms with van der Waals surface area (Å²) in [7, 11) is 1.74. The molecule has 0 unspecified atom stereocenters. The minimum absolute atomic E-state index is 0.00263. The number of carbonyl (C=O) groups excluding carboxylic acids is 1. The van der Waals surface area contributed by atoms with Crippen molar-refractivity contribution in [3.8, 4) is 11.4 Å². The quantitative estimate of drug-likeness (QED) is 0.504. The summed E-state index contributed by atoms with van der Waals surface area (Å²) in [6.07, 6.45) is 0. The van der Waals surface area contributed by atoms with Crippen LogP contribution in [0, 0.1) is 17.0 Å². The van der Waals surface area contributed by atoms with Gasteiger partial charge in [0, 0.05) is 30.4 Å². The number of anilines is 2. The second-order valence-electron chi connectivity index (χ2n) is 5.86. The highest BCUT2D eigenvalue weighted by atomic mass is 16.6. The normalized spacial score (nSPS) is 10.4. The van der Waals surface area contributed by atoms with Gasteiger partial charge in [-0.15, -0.1) is 5.10 Å². The number of carbonyl (C=O) groups is 1. The van der Waals surface area contributed by atoms with Crippen molar-refractivity contribution in [1.29, 1.82) is 0 Å². The largest absolute Gasteiger partial charge is 0.376 e. The van der Waals surface area contributed by atoms with Gasteiger partial charge in [-0.2, -0.15) is 0 Å². The Morgan fingerprint density at radius 1 is 1.26 bits per heavy atom. The summed E-state index contributed by atoms with van der Waals surface area (Å²) in [6.45, 7) is 1.77. The predicted molar refractivity (Wildman–Crippen MR) is 99.2 cm³/mol. The van der Waals surface area contributed by atoms with E-state index in [0.29, 0.717) is 11.5 Å². The Kier molecular flexibility index (Phi) is 5.06. The first-order chi connectivity index (χ1) is 12.9. The van der Waals surface area contributed by atoms with E-state index in [9.17, 15) is 14.9 Å². The van der Waals surface area contributed by atoms with Crippen LogP contribution in [0.1, 0.15) is 5.56 Å². The van der Waals surface area contributed by atoms with Crippen LogP contribution in [0.3, 0.4) is 0 Å². The first-order valence-electron chi connectivity index (χ1n) is 8.05. The van der Waals surface area contributed by atoms with Gasteiger partial charge in [0.05, 0.1) is 17.2 Å². The fourth-order valence-electron chi connectivity index (χ4n) is 2.48. The summed E-state index contributed by atoms with van der Waals surface area (Å²) in [4.78, 5) is 22.6. The standard InChI is InChI=1S/C17H17N7O3/c1-11-6-7-14(24(26)27)9-15(11)19-16(25)10-18-13-5-3-4-12(8-13)17-20-21-22-23(17)2/h3-9,18H,10H2,1-2H3,(H,19,25). The lowest BCUT2D eigenvalue weighted by molar-refractivity contribution is -0.384. The number of benzene rings is 2. The average molecular weight is 367 g/mol. The third kappa shape index (κ3) is 4.24. The van der Waals surface area contributed by atoms with Gasteiger partial charge in [-0.1, -0.05) is 18.2 Å². The summed E-state index contributed by atoms with van der Waals surface area (Å²) in [5.41, 5.74) is 2.61. The predicted octanol–water partition coefficient (Wildman–Crippen LogP) is 2.14. The van der Waals surface area contributed by atoms with Crippen molar-refractivity contribution < 1.29 is 9.72 Å². The minimum atomic E-state index is -0.500. The molecule has 0 spiro atoms. The summed E-state index contributed by atoms with van der Waals surface area (Å²) in [5, 5.41) is 27.9. The van der Waals surface area contributed by atoms with E-state index in [1.54, 1.807) is 24.7 Å². The van der Waals surface area contributed by atoms with Gasteiger partial charge in [0.2, 0.25) is 5.91 Å². The second kappa shape index (κ2) is 7.60. The second-order valence-corrected chi connectivity index (χ2v) is 5.86. The van der Waals surface area contributed by atoms with E-state index in [-0.39, 0.29) is 18.1 Å². The Morgan fingerprint density at radius 3 is 2.78 bits per heavy atom. The lowest BCUT2D eigenvalue weighted by Gasteiger charge is -2.10. The number of hydrogen-bond donors (Lipinski definition) is 2. The van der Waals surface area contributed by atoms with Gasteiger partial charge in [0.1, 0.15) is 0 Å². The molecule has 0 aliphatic heterocycles. The summed E-state index contributed by atoms with van der Waals surface area (Å²) in [6, 6.07) is 11.7. The van der Waals surface area contributed by atoms with Crippen molar-refractivity contribution in [1.82, 2.24) is 20.2 Å². The maximum atomic E-state index is 12.2. The maximum Gasteiger partial charge on any atom is 0.271 e. The zero-order chi connectivity index (χ0) is 19.4. The number of non-ortho nitro benzene ring substituents is 1. The molecule has 3 rings (SSSR count). The number of aromatic nitrogens is 4. The zero-order valence-electron chi connectivity index (χ0n) is 14.7. The molecular weight excluding hydrogens is 350 g/mol. The van der Waals surface area contributed by atoms with Crippen LogP contribution >= 0.6 is 0 Å². The Hall–Kier alpha value is -3.82. The van der Waals surface area contributed by atoms with Gasteiger partial charge in [-0.3, -0.25) is 14.9 Å². The molecule has 2 aromatic carbocycles. The van der Waals surface area contributed by atoms with Crippen molar-refractivity contribution in [3.05, 3.63) is 58.1 Å². The summed E-state index contributed by atoms with van der Waals surface area (Å²) < 4.78 is 1.55. The molecule has 0 aliphatic rings. The SMILES string of the molecule is Cc1ccc([N+](=O)[O-])cc1NC(=O)CNc1cccc(-c2nnnn2C)c1. The molecule has 0 fully saturated rings. The number of hydrogen-bond acceptors (Lipinski definition) is 7. The molecule has 1 heterocycles. The topological polar surface area (TPSA) is 128 Å². The van der Waals surface area contributed by atoms with Gasteiger partial charge in [-0.05, 0) is 35.0 Å². The third-order valence-corrected chi connectivity index (χ3v) is 3.90. The molecule has 0 aliphatic carbocycles. The molecule has 138 valence electrons. The van der Waals surface area contributed by atoms with Crippen LogP contribution < -0.4 is 10.6 Å². The minimum Gasteiger partial charge on any atom is -0.376 e. The molecule has 0 radical (unpaired) electrons. The van der Waals surface area contributed by atoms with E-state index in [1.165, 1.54) is 12.1 Å². The van der Waals surface area contributed by atoms with E-state index in [1.807, 2.05) is 24.3 Å². The number of nitrogens with one attached hydrogen (secondary N) is 2. The number of tetrazole rings is 1. The molecular formula is C17H17N7O3. The van der Waals surface area contributed by atoms with Gasteiger partial charge in [0.25, 0.3) is 5.69 Å². The van der Waals surface area contributed by atoms with Gasteiger partial charge >= 0.3 is 0 Å². The molecule has 2 N–H and O–H groups in total. The molecule has 0 bridgehead atoms.